The third-order valence-corrected chi connectivity index (χ3v) is 4.68. The molecule has 2 nitrogen and oxygen atoms in total. The molecule has 2 heteroatoms. The van der Waals surface area contributed by atoms with Gasteiger partial charge in [0, 0.05) is 25.4 Å². The number of nitrogens with zero attached hydrogens (tertiary/aromatic N) is 1. The molecule has 2 fully saturated rings. The second kappa shape index (κ2) is 4.36. The summed E-state index contributed by atoms with van der Waals surface area (Å²) in [7, 11) is 0. The number of aryl methyl sites for hydroxylation is 2. The van der Waals surface area contributed by atoms with E-state index in [2.05, 4.69) is 36.9 Å². The molecule has 3 atom stereocenters. The lowest BCUT2D eigenvalue weighted by atomic mass is 9.77. The number of piperidine rings is 1. The van der Waals surface area contributed by atoms with Gasteiger partial charge in [0.15, 0.2) is 0 Å². The molecule has 0 aromatic heterocycles. The standard InChI is InChI=1S/C16H23NO/c1-12-7-13(2)9-14(8-12)10-16(18)4-6-17-5-3-15(16)11-17/h7-9,15,18H,3-6,10-11H2,1-2H3. The molecule has 0 radical (unpaired) electrons. The van der Waals surface area contributed by atoms with Crippen molar-refractivity contribution < 1.29 is 5.11 Å². The summed E-state index contributed by atoms with van der Waals surface area (Å²) in [5.74, 6) is 0.479. The molecule has 18 heavy (non-hydrogen) atoms. The molecule has 1 aromatic carbocycles. The zero-order valence-electron chi connectivity index (χ0n) is 11.4. The summed E-state index contributed by atoms with van der Waals surface area (Å²) in [6.07, 6.45) is 2.93. The third kappa shape index (κ3) is 2.19. The molecular weight excluding hydrogens is 222 g/mol. The molecule has 0 spiro atoms. The van der Waals surface area contributed by atoms with E-state index in [0.29, 0.717) is 5.92 Å². The highest BCUT2D eigenvalue weighted by Crippen LogP contribution is 2.37. The van der Waals surface area contributed by atoms with Crippen molar-refractivity contribution in [3.63, 3.8) is 0 Å². The average molecular weight is 245 g/mol. The summed E-state index contributed by atoms with van der Waals surface area (Å²) < 4.78 is 0. The summed E-state index contributed by atoms with van der Waals surface area (Å²) >= 11 is 0. The Morgan fingerprint density at radius 2 is 1.94 bits per heavy atom. The van der Waals surface area contributed by atoms with Crippen LogP contribution in [0.5, 0.6) is 0 Å². The number of benzene rings is 1. The minimum absolute atomic E-state index is 0.465. The molecule has 98 valence electrons. The second-order valence-electron chi connectivity index (χ2n) is 6.31. The fourth-order valence-corrected chi connectivity index (χ4v) is 3.79. The van der Waals surface area contributed by atoms with Crippen molar-refractivity contribution in [2.45, 2.75) is 38.7 Å². The van der Waals surface area contributed by atoms with Crippen molar-refractivity contribution in [2.75, 3.05) is 19.6 Å². The predicted molar refractivity (Wildman–Crippen MR) is 73.7 cm³/mol. The fraction of sp³-hybridized carbons (Fsp3) is 0.625. The van der Waals surface area contributed by atoms with Crippen molar-refractivity contribution in [2.24, 2.45) is 5.92 Å². The monoisotopic (exact) mass is 245 g/mol. The van der Waals surface area contributed by atoms with Gasteiger partial charge in [-0.1, -0.05) is 29.3 Å². The molecule has 2 aliphatic heterocycles. The van der Waals surface area contributed by atoms with Crippen molar-refractivity contribution in [1.82, 2.24) is 4.90 Å². The zero-order valence-corrected chi connectivity index (χ0v) is 11.4. The lowest BCUT2D eigenvalue weighted by molar-refractivity contribution is -0.0439. The lowest BCUT2D eigenvalue weighted by Crippen LogP contribution is -2.47. The topological polar surface area (TPSA) is 23.5 Å². The minimum atomic E-state index is -0.465. The van der Waals surface area contributed by atoms with Crippen molar-refractivity contribution in [3.8, 4) is 0 Å². The summed E-state index contributed by atoms with van der Waals surface area (Å²) in [6.45, 7) is 7.62. The van der Waals surface area contributed by atoms with Gasteiger partial charge in [0.1, 0.15) is 0 Å². The van der Waals surface area contributed by atoms with Crippen LogP contribution in [-0.4, -0.2) is 35.2 Å². The SMILES string of the molecule is Cc1cc(C)cc(CC2(O)CCN3CCC2C3)c1. The lowest BCUT2D eigenvalue weighted by Gasteiger charge is -2.39. The van der Waals surface area contributed by atoms with Gasteiger partial charge in [-0.05, 0) is 38.8 Å². The summed E-state index contributed by atoms with van der Waals surface area (Å²) in [4.78, 5) is 2.49. The molecule has 0 aliphatic carbocycles. The summed E-state index contributed by atoms with van der Waals surface area (Å²) in [5, 5.41) is 11.0. The van der Waals surface area contributed by atoms with Crippen LogP contribution in [0.15, 0.2) is 18.2 Å². The van der Waals surface area contributed by atoms with Gasteiger partial charge < -0.3 is 10.0 Å². The van der Waals surface area contributed by atoms with Crippen LogP contribution in [0.25, 0.3) is 0 Å². The Morgan fingerprint density at radius 3 is 2.67 bits per heavy atom. The molecule has 1 N–H and O–H groups in total. The van der Waals surface area contributed by atoms with E-state index < -0.39 is 5.60 Å². The van der Waals surface area contributed by atoms with Crippen molar-refractivity contribution in [3.05, 3.63) is 34.9 Å². The zero-order chi connectivity index (χ0) is 12.8. The molecule has 3 rings (SSSR count). The molecule has 3 unspecified atom stereocenters. The van der Waals surface area contributed by atoms with Gasteiger partial charge in [-0.3, -0.25) is 0 Å². The first-order chi connectivity index (χ1) is 8.55. The van der Waals surface area contributed by atoms with Crippen LogP contribution in [0.3, 0.4) is 0 Å². The predicted octanol–water partition coefficient (Wildman–Crippen LogP) is 2.30. The van der Waals surface area contributed by atoms with Gasteiger partial charge in [0.25, 0.3) is 0 Å². The molecule has 2 aliphatic rings. The van der Waals surface area contributed by atoms with E-state index in [0.717, 1.165) is 25.9 Å². The summed E-state index contributed by atoms with van der Waals surface area (Å²) in [5.41, 5.74) is 3.44. The number of hydrogen-bond acceptors (Lipinski definition) is 2. The molecule has 2 bridgehead atoms. The highest BCUT2D eigenvalue weighted by molar-refractivity contribution is 5.30. The Kier molecular flexibility index (Phi) is 2.95. The van der Waals surface area contributed by atoms with Gasteiger partial charge >= 0.3 is 0 Å². The third-order valence-electron chi connectivity index (χ3n) is 4.68. The summed E-state index contributed by atoms with van der Waals surface area (Å²) in [6, 6.07) is 6.66. The largest absolute Gasteiger partial charge is 0.389 e. The number of rotatable bonds is 2. The number of hydrogen-bond donors (Lipinski definition) is 1. The normalized spacial score (nSPS) is 34.8. The van der Waals surface area contributed by atoms with Gasteiger partial charge in [0.05, 0.1) is 5.60 Å². The quantitative estimate of drug-likeness (QED) is 0.864. The van der Waals surface area contributed by atoms with Gasteiger partial charge in [-0.2, -0.15) is 0 Å². The Labute approximate surface area is 110 Å². The number of aliphatic hydroxyl groups is 1. The highest BCUT2D eigenvalue weighted by atomic mass is 16.3. The second-order valence-corrected chi connectivity index (χ2v) is 6.31. The van der Waals surface area contributed by atoms with Crippen LogP contribution >= 0.6 is 0 Å². The van der Waals surface area contributed by atoms with Gasteiger partial charge in [-0.15, -0.1) is 0 Å². The van der Waals surface area contributed by atoms with E-state index >= 15 is 0 Å². The van der Waals surface area contributed by atoms with E-state index in [9.17, 15) is 5.11 Å². The Bertz CT molecular complexity index is 436. The van der Waals surface area contributed by atoms with E-state index in [1.807, 2.05) is 0 Å². The maximum Gasteiger partial charge on any atom is 0.0740 e. The van der Waals surface area contributed by atoms with E-state index in [4.69, 9.17) is 0 Å². The molecular formula is C16H23NO. The Hall–Kier alpha value is -0.860. The smallest absolute Gasteiger partial charge is 0.0740 e. The maximum atomic E-state index is 11.0. The fourth-order valence-electron chi connectivity index (χ4n) is 3.79. The first kappa shape index (κ1) is 12.2. The highest BCUT2D eigenvalue weighted by Gasteiger charge is 2.44. The van der Waals surface area contributed by atoms with Crippen LogP contribution in [0.2, 0.25) is 0 Å². The number of fused-ring (bicyclic) bond motifs is 2. The van der Waals surface area contributed by atoms with Gasteiger partial charge in [-0.25, -0.2) is 0 Å². The van der Waals surface area contributed by atoms with Crippen molar-refractivity contribution in [1.29, 1.82) is 0 Å². The Balaban J connectivity index is 1.82. The van der Waals surface area contributed by atoms with Crippen LogP contribution in [0, 0.1) is 19.8 Å². The molecule has 2 heterocycles. The van der Waals surface area contributed by atoms with Crippen LogP contribution in [0.1, 0.15) is 29.5 Å². The van der Waals surface area contributed by atoms with Crippen LogP contribution < -0.4 is 0 Å². The average Bonchev–Trinajstić information content (AvgIpc) is 2.68. The van der Waals surface area contributed by atoms with Crippen LogP contribution in [0.4, 0.5) is 0 Å². The maximum absolute atomic E-state index is 11.0. The molecule has 1 aromatic rings. The molecule has 0 amide bonds. The first-order valence-corrected chi connectivity index (χ1v) is 7.07. The van der Waals surface area contributed by atoms with Crippen LogP contribution in [-0.2, 0) is 6.42 Å². The molecule has 2 saturated heterocycles. The molecule has 0 saturated carbocycles. The Morgan fingerprint density at radius 1 is 1.22 bits per heavy atom. The van der Waals surface area contributed by atoms with Gasteiger partial charge in [0.2, 0.25) is 0 Å². The minimum Gasteiger partial charge on any atom is -0.389 e. The van der Waals surface area contributed by atoms with Crippen molar-refractivity contribution >= 4 is 0 Å². The van der Waals surface area contributed by atoms with E-state index in [-0.39, 0.29) is 0 Å². The van der Waals surface area contributed by atoms with E-state index in [1.165, 1.54) is 29.7 Å². The first-order valence-electron chi connectivity index (χ1n) is 7.07. The van der Waals surface area contributed by atoms with E-state index in [1.54, 1.807) is 0 Å².